The second-order valence-corrected chi connectivity index (χ2v) is 14.8. The molecule has 0 radical (unpaired) electrons. The number of fused-ring (bicyclic) bond motifs is 1. The number of rotatable bonds is 4. The van der Waals surface area contributed by atoms with Crippen LogP contribution in [0.3, 0.4) is 0 Å². The number of aromatic amines is 1. The van der Waals surface area contributed by atoms with Gasteiger partial charge >= 0.3 is 5.69 Å². The van der Waals surface area contributed by atoms with Gasteiger partial charge in [0, 0.05) is 23.7 Å². The van der Waals surface area contributed by atoms with Gasteiger partial charge in [-0.05, 0) is 18.1 Å². The van der Waals surface area contributed by atoms with Gasteiger partial charge in [-0.2, -0.15) is 0 Å². The first kappa shape index (κ1) is 22.9. The van der Waals surface area contributed by atoms with E-state index in [0.29, 0.717) is 6.61 Å². The Morgan fingerprint density at radius 2 is 1.81 bits per heavy atom. The molecule has 1 aromatic carbocycles. The Morgan fingerprint density at radius 3 is 2.47 bits per heavy atom. The predicted octanol–water partition coefficient (Wildman–Crippen LogP) is 3.77. The van der Waals surface area contributed by atoms with E-state index in [1.807, 2.05) is 42.5 Å². The second kappa shape index (κ2) is 8.59. The molecule has 2 heterocycles. The van der Waals surface area contributed by atoms with Gasteiger partial charge in [0.2, 0.25) is 0 Å². The number of H-pyrrole nitrogens is 1. The molecule has 5 atom stereocenters. The summed E-state index contributed by atoms with van der Waals surface area (Å²) < 4.78 is 21.0. The van der Waals surface area contributed by atoms with Gasteiger partial charge in [0.05, 0.1) is 24.9 Å². The highest BCUT2D eigenvalue weighted by molar-refractivity contribution is 6.74. The molecule has 1 aromatic heterocycles. The van der Waals surface area contributed by atoms with Crippen molar-refractivity contribution >= 4 is 8.32 Å². The van der Waals surface area contributed by atoms with Crippen molar-refractivity contribution in [3.05, 3.63) is 81.1 Å². The van der Waals surface area contributed by atoms with Crippen LogP contribution in [0.5, 0.6) is 0 Å². The number of nitrogens with one attached hydrogen (secondary N) is 1. The van der Waals surface area contributed by atoms with Gasteiger partial charge in [-0.25, -0.2) is 4.79 Å². The lowest BCUT2D eigenvalue weighted by Crippen LogP contribution is -2.56. The standard InChI is InChI=1S/C24H32N2O5Si/c1-24(2,3)32(4,5)31-21-18(26-14-13-19(27)25-23(26)28)12-11-17-15-29-22(30-20(17)21)16-9-7-6-8-10-16/h6-14,17-18,20-22H,15H2,1-5H3,(H,25,27,28)/t17-,18-,20-,21-,22?/m1/s1. The van der Waals surface area contributed by atoms with Crippen LogP contribution in [0.25, 0.3) is 0 Å². The Balaban J connectivity index is 1.74. The topological polar surface area (TPSA) is 82.6 Å². The van der Waals surface area contributed by atoms with Crippen LogP contribution < -0.4 is 11.2 Å². The molecule has 1 unspecified atom stereocenters. The van der Waals surface area contributed by atoms with Crippen molar-refractivity contribution in [1.82, 2.24) is 9.55 Å². The largest absolute Gasteiger partial charge is 0.409 e. The molecular formula is C24H32N2O5Si. The monoisotopic (exact) mass is 456 g/mol. The normalized spacial score (nSPS) is 28.3. The average molecular weight is 457 g/mol. The minimum atomic E-state index is -2.21. The Labute approximate surface area is 189 Å². The quantitative estimate of drug-likeness (QED) is 0.559. The maximum atomic E-state index is 12.7. The average Bonchev–Trinajstić information content (AvgIpc) is 2.74. The molecule has 4 rings (SSSR count). The zero-order valence-corrected chi connectivity index (χ0v) is 20.3. The van der Waals surface area contributed by atoms with Gasteiger partial charge in [-0.1, -0.05) is 63.3 Å². The molecule has 1 saturated heterocycles. The van der Waals surface area contributed by atoms with Crippen LogP contribution in [0.15, 0.2) is 64.3 Å². The van der Waals surface area contributed by atoms with E-state index in [1.54, 1.807) is 0 Å². The Bertz CT molecular complexity index is 1090. The zero-order chi connectivity index (χ0) is 23.1. The highest BCUT2D eigenvalue weighted by atomic mass is 28.4. The molecule has 0 bridgehead atoms. The van der Waals surface area contributed by atoms with Crippen molar-refractivity contribution in [2.45, 2.75) is 63.4 Å². The summed E-state index contributed by atoms with van der Waals surface area (Å²) in [5, 5.41) is -0.0197. The fourth-order valence-electron chi connectivity index (χ4n) is 3.97. The maximum absolute atomic E-state index is 12.7. The van der Waals surface area contributed by atoms with Crippen molar-refractivity contribution < 1.29 is 13.9 Å². The smallest absolute Gasteiger partial charge is 0.328 e. The molecule has 1 N–H and O–H groups in total. The lowest BCUT2D eigenvalue weighted by molar-refractivity contribution is -0.257. The number of benzene rings is 1. The molecule has 2 aromatic rings. The van der Waals surface area contributed by atoms with Gasteiger partial charge in [-0.3, -0.25) is 14.3 Å². The molecular weight excluding hydrogens is 424 g/mol. The first-order chi connectivity index (χ1) is 15.1. The zero-order valence-electron chi connectivity index (χ0n) is 19.3. The van der Waals surface area contributed by atoms with E-state index in [1.165, 1.54) is 16.8 Å². The Kier molecular flexibility index (Phi) is 6.15. The second-order valence-electron chi connectivity index (χ2n) is 10.1. The first-order valence-corrected chi connectivity index (χ1v) is 14.0. The van der Waals surface area contributed by atoms with Crippen LogP contribution >= 0.6 is 0 Å². The van der Waals surface area contributed by atoms with Crippen molar-refractivity contribution in [3.8, 4) is 0 Å². The summed E-state index contributed by atoms with van der Waals surface area (Å²) in [6.07, 6.45) is 4.37. The molecule has 1 aliphatic heterocycles. The van der Waals surface area contributed by atoms with Gasteiger partial charge in [0.1, 0.15) is 0 Å². The summed E-state index contributed by atoms with van der Waals surface area (Å²) in [6.45, 7) is 11.5. The van der Waals surface area contributed by atoms with E-state index in [-0.39, 0.29) is 17.1 Å². The molecule has 8 heteroatoms. The number of nitrogens with zero attached hydrogens (tertiary/aromatic N) is 1. The number of aromatic nitrogens is 2. The predicted molar refractivity (Wildman–Crippen MR) is 125 cm³/mol. The van der Waals surface area contributed by atoms with Crippen LogP contribution in [-0.2, 0) is 13.9 Å². The lowest BCUT2D eigenvalue weighted by Gasteiger charge is -2.48. The molecule has 0 saturated carbocycles. The maximum Gasteiger partial charge on any atom is 0.328 e. The minimum absolute atomic E-state index is 0.0134. The molecule has 7 nitrogen and oxygen atoms in total. The summed E-state index contributed by atoms with van der Waals surface area (Å²) >= 11 is 0. The fraction of sp³-hybridized carbons (Fsp3) is 0.500. The molecule has 0 spiro atoms. The van der Waals surface area contributed by atoms with E-state index >= 15 is 0 Å². The molecule has 32 heavy (non-hydrogen) atoms. The fourth-order valence-corrected chi connectivity index (χ4v) is 5.28. The third-order valence-corrected chi connectivity index (χ3v) is 11.3. The molecule has 1 aliphatic carbocycles. The van der Waals surface area contributed by atoms with Crippen molar-refractivity contribution in [1.29, 1.82) is 0 Å². The van der Waals surface area contributed by atoms with E-state index in [4.69, 9.17) is 13.9 Å². The van der Waals surface area contributed by atoms with E-state index in [0.717, 1.165) is 5.56 Å². The van der Waals surface area contributed by atoms with Gasteiger partial charge < -0.3 is 13.9 Å². The third-order valence-electron chi connectivity index (χ3n) is 6.84. The van der Waals surface area contributed by atoms with Gasteiger partial charge in [0.25, 0.3) is 5.56 Å². The SMILES string of the molecule is CC(C)(C)[Si](C)(C)O[C@H]1[C@@H]2OC(c3ccccc3)OC[C@H]2C=C[C@H]1n1ccc(=O)[nH]c1=O. The highest BCUT2D eigenvalue weighted by Gasteiger charge is 2.48. The van der Waals surface area contributed by atoms with Gasteiger partial charge in [-0.15, -0.1) is 0 Å². The number of hydrogen-bond acceptors (Lipinski definition) is 5. The Hall–Kier alpha value is -2.26. The van der Waals surface area contributed by atoms with Crippen LogP contribution in [0.1, 0.15) is 38.7 Å². The summed E-state index contributed by atoms with van der Waals surface area (Å²) in [4.78, 5) is 26.7. The molecule has 172 valence electrons. The van der Waals surface area contributed by atoms with Crippen LogP contribution in [-0.4, -0.2) is 36.7 Å². The van der Waals surface area contributed by atoms with Crippen LogP contribution in [0.2, 0.25) is 18.1 Å². The first-order valence-electron chi connectivity index (χ1n) is 11.1. The molecule has 1 fully saturated rings. The minimum Gasteiger partial charge on any atom is -0.409 e. The van der Waals surface area contributed by atoms with Crippen LogP contribution in [0, 0.1) is 5.92 Å². The van der Waals surface area contributed by atoms with E-state index < -0.39 is 38.0 Å². The van der Waals surface area contributed by atoms with Crippen LogP contribution in [0.4, 0.5) is 0 Å². The summed E-state index contributed by atoms with van der Waals surface area (Å²) in [5.74, 6) is 0.0134. The third kappa shape index (κ3) is 4.45. The van der Waals surface area contributed by atoms with Crippen molar-refractivity contribution in [2.24, 2.45) is 5.92 Å². The van der Waals surface area contributed by atoms with Crippen molar-refractivity contribution in [2.75, 3.05) is 6.61 Å². The molecule has 0 amide bonds. The number of hydrogen-bond donors (Lipinski definition) is 1. The van der Waals surface area contributed by atoms with E-state index in [2.05, 4.69) is 38.8 Å². The van der Waals surface area contributed by atoms with E-state index in [9.17, 15) is 9.59 Å². The van der Waals surface area contributed by atoms with Crippen molar-refractivity contribution in [3.63, 3.8) is 0 Å². The summed E-state index contributed by atoms with van der Waals surface area (Å²) in [5.41, 5.74) is 0.0719. The highest BCUT2D eigenvalue weighted by Crippen LogP contribution is 2.43. The summed E-state index contributed by atoms with van der Waals surface area (Å²) in [7, 11) is -2.21. The molecule has 2 aliphatic rings. The Morgan fingerprint density at radius 1 is 1.09 bits per heavy atom. The number of ether oxygens (including phenoxy) is 2. The lowest BCUT2D eigenvalue weighted by atomic mass is 9.86. The summed E-state index contributed by atoms with van der Waals surface area (Å²) in [6, 6.07) is 10.8. The van der Waals surface area contributed by atoms with Gasteiger partial charge in [0.15, 0.2) is 14.6 Å².